The maximum atomic E-state index is 13.1. The molecule has 3 heterocycles. The van der Waals surface area contributed by atoms with Gasteiger partial charge in [0.1, 0.15) is 0 Å². The monoisotopic (exact) mass is 453 g/mol. The molecular formula is C21H31N3O6S. The Hall–Kier alpha value is -1.88. The molecular weight excluding hydrogens is 422 g/mol. The number of benzene rings is 1. The van der Waals surface area contributed by atoms with Crippen LogP contribution in [0.2, 0.25) is 0 Å². The van der Waals surface area contributed by atoms with Crippen molar-refractivity contribution in [2.24, 2.45) is 0 Å². The molecule has 2 saturated heterocycles. The van der Waals surface area contributed by atoms with E-state index in [0.29, 0.717) is 57.4 Å². The van der Waals surface area contributed by atoms with Gasteiger partial charge in [0.25, 0.3) is 0 Å². The molecule has 1 aromatic rings. The van der Waals surface area contributed by atoms with Crippen molar-refractivity contribution >= 4 is 15.9 Å². The van der Waals surface area contributed by atoms with Gasteiger partial charge in [-0.05, 0) is 31.9 Å². The molecule has 0 saturated carbocycles. The van der Waals surface area contributed by atoms with Crippen LogP contribution in [-0.4, -0.2) is 88.2 Å². The van der Waals surface area contributed by atoms with Crippen molar-refractivity contribution in [1.29, 1.82) is 0 Å². The van der Waals surface area contributed by atoms with Crippen molar-refractivity contribution in [3.63, 3.8) is 0 Å². The zero-order chi connectivity index (χ0) is 21.8. The molecule has 0 aromatic heterocycles. The first kappa shape index (κ1) is 22.3. The molecule has 0 aliphatic carbocycles. The lowest BCUT2D eigenvalue weighted by molar-refractivity contribution is -0.126. The summed E-state index contributed by atoms with van der Waals surface area (Å²) in [6, 6.07) is 4.45. The minimum absolute atomic E-state index is 0.0466. The van der Waals surface area contributed by atoms with Crippen molar-refractivity contribution in [3.8, 4) is 11.5 Å². The van der Waals surface area contributed by atoms with Crippen molar-refractivity contribution in [1.82, 2.24) is 14.5 Å². The zero-order valence-corrected chi connectivity index (χ0v) is 18.7. The second-order valence-electron chi connectivity index (χ2n) is 8.16. The highest BCUT2D eigenvalue weighted by molar-refractivity contribution is 7.89. The molecule has 10 heteroatoms. The summed E-state index contributed by atoms with van der Waals surface area (Å²) in [5, 5.41) is 2.96. The number of sulfonamides is 1. The standard InChI is InChI=1S/C21H31N3O6S/c1-16(21(25)22-15-17-4-2-11-28-17)23-7-9-24(10-8-23)31(26,27)18-5-6-19-20(14-18)30-13-3-12-29-19/h5-6,14,16-17H,2-4,7-13,15H2,1H3,(H,22,25)/t16-,17+/m0/s1. The van der Waals surface area contributed by atoms with E-state index in [1.807, 2.05) is 11.8 Å². The van der Waals surface area contributed by atoms with Crippen LogP contribution in [-0.2, 0) is 19.6 Å². The highest BCUT2D eigenvalue weighted by atomic mass is 32.2. The fourth-order valence-corrected chi connectivity index (χ4v) is 5.56. The average molecular weight is 454 g/mol. The summed E-state index contributed by atoms with van der Waals surface area (Å²) in [7, 11) is -3.64. The Balaban J connectivity index is 1.33. The van der Waals surface area contributed by atoms with E-state index in [-0.39, 0.29) is 22.9 Å². The van der Waals surface area contributed by atoms with E-state index in [1.54, 1.807) is 18.2 Å². The van der Waals surface area contributed by atoms with Crippen LogP contribution in [0.25, 0.3) is 0 Å². The zero-order valence-electron chi connectivity index (χ0n) is 17.9. The lowest BCUT2D eigenvalue weighted by Crippen LogP contribution is -2.55. The first-order valence-electron chi connectivity index (χ1n) is 11.0. The van der Waals surface area contributed by atoms with Crippen molar-refractivity contribution in [2.75, 3.05) is 52.5 Å². The molecule has 31 heavy (non-hydrogen) atoms. The Kier molecular flexibility index (Phi) is 7.00. The van der Waals surface area contributed by atoms with Crippen LogP contribution in [0.4, 0.5) is 0 Å². The van der Waals surface area contributed by atoms with Gasteiger partial charge in [0.05, 0.1) is 30.3 Å². The van der Waals surface area contributed by atoms with Gasteiger partial charge in [-0.25, -0.2) is 8.42 Å². The number of amides is 1. The van der Waals surface area contributed by atoms with E-state index in [0.717, 1.165) is 25.9 Å². The summed E-state index contributed by atoms with van der Waals surface area (Å²) >= 11 is 0. The smallest absolute Gasteiger partial charge is 0.243 e. The Morgan fingerprint density at radius 3 is 2.55 bits per heavy atom. The van der Waals surface area contributed by atoms with Gasteiger partial charge in [-0.2, -0.15) is 4.31 Å². The molecule has 0 bridgehead atoms. The molecule has 1 aromatic carbocycles. The number of rotatable bonds is 6. The second-order valence-corrected chi connectivity index (χ2v) is 10.1. The van der Waals surface area contributed by atoms with E-state index < -0.39 is 10.0 Å². The van der Waals surface area contributed by atoms with Crippen LogP contribution < -0.4 is 14.8 Å². The third-order valence-electron chi connectivity index (χ3n) is 6.09. The summed E-state index contributed by atoms with van der Waals surface area (Å²) in [5.41, 5.74) is 0. The molecule has 0 spiro atoms. The highest BCUT2D eigenvalue weighted by Crippen LogP contribution is 2.33. The van der Waals surface area contributed by atoms with Gasteiger partial charge in [-0.15, -0.1) is 0 Å². The van der Waals surface area contributed by atoms with Crippen LogP contribution in [0.3, 0.4) is 0 Å². The predicted molar refractivity (Wildman–Crippen MR) is 114 cm³/mol. The molecule has 2 atom stereocenters. The SMILES string of the molecule is C[C@@H](C(=O)NC[C@H]1CCCO1)N1CCN(S(=O)(=O)c2ccc3c(c2)OCCCO3)CC1. The van der Waals surface area contributed by atoms with E-state index >= 15 is 0 Å². The quantitative estimate of drug-likeness (QED) is 0.682. The van der Waals surface area contributed by atoms with Gasteiger partial charge >= 0.3 is 0 Å². The number of hydrogen-bond acceptors (Lipinski definition) is 7. The molecule has 1 N–H and O–H groups in total. The minimum Gasteiger partial charge on any atom is -0.490 e. The van der Waals surface area contributed by atoms with Crippen LogP contribution in [0.5, 0.6) is 11.5 Å². The summed E-state index contributed by atoms with van der Waals surface area (Å²) in [6.45, 7) is 5.87. The number of hydrogen-bond donors (Lipinski definition) is 1. The van der Waals surface area contributed by atoms with E-state index in [1.165, 1.54) is 4.31 Å². The Morgan fingerprint density at radius 2 is 1.84 bits per heavy atom. The molecule has 1 amide bonds. The maximum Gasteiger partial charge on any atom is 0.243 e. The first-order valence-corrected chi connectivity index (χ1v) is 12.4. The van der Waals surface area contributed by atoms with E-state index in [9.17, 15) is 13.2 Å². The van der Waals surface area contributed by atoms with Crippen molar-refractivity contribution in [2.45, 2.75) is 43.2 Å². The van der Waals surface area contributed by atoms with Crippen molar-refractivity contribution in [3.05, 3.63) is 18.2 Å². The molecule has 3 aliphatic rings. The summed E-state index contributed by atoms with van der Waals surface area (Å²) < 4.78 is 44.5. The minimum atomic E-state index is -3.64. The normalized spacial score (nSPS) is 23.8. The number of carbonyl (C=O) groups excluding carboxylic acids is 1. The lowest BCUT2D eigenvalue weighted by Gasteiger charge is -2.36. The van der Waals surface area contributed by atoms with Crippen LogP contribution >= 0.6 is 0 Å². The van der Waals surface area contributed by atoms with Crippen LogP contribution in [0.1, 0.15) is 26.2 Å². The number of piperazine rings is 1. The first-order chi connectivity index (χ1) is 14.9. The van der Waals surface area contributed by atoms with Gasteiger partial charge in [-0.3, -0.25) is 9.69 Å². The maximum absolute atomic E-state index is 13.1. The fourth-order valence-electron chi connectivity index (χ4n) is 4.12. The number of nitrogens with one attached hydrogen (secondary N) is 1. The van der Waals surface area contributed by atoms with Gasteiger partial charge in [0.15, 0.2) is 11.5 Å². The highest BCUT2D eigenvalue weighted by Gasteiger charge is 2.32. The van der Waals surface area contributed by atoms with Gasteiger partial charge in [0.2, 0.25) is 15.9 Å². The summed E-state index contributed by atoms with van der Waals surface area (Å²) in [6.07, 6.45) is 2.88. The Bertz CT molecular complexity index is 879. The van der Waals surface area contributed by atoms with Crippen molar-refractivity contribution < 1.29 is 27.4 Å². The molecule has 0 unspecified atom stereocenters. The van der Waals surface area contributed by atoms with Crippen LogP contribution in [0, 0.1) is 0 Å². The molecule has 9 nitrogen and oxygen atoms in total. The number of carbonyl (C=O) groups is 1. The number of ether oxygens (including phenoxy) is 3. The molecule has 0 radical (unpaired) electrons. The predicted octanol–water partition coefficient (Wildman–Crippen LogP) is 0.838. The number of fused-ring (bicyclic) bond motifs is 1. The summed E-state index contributed by atoms with van der Waals surface area (Å²) in [5.74, 6) is 0.993. The molecule has 4 rings (SSSR count). The van der Waals surface area contributed by atoms with Gasteiger partial charge in [0, 0.05) is 51.8 Å². The van der Waals surface area contributed by atoms with Gasteiger partial charge < -0.3 is 19.5 Å². The van der Waals surface area contributed by atoms with Crippen LogP contribution in [0.15, 0.2) is 23.1 Å². The number of nitrogens with zero attached hydrogens (tertiary/aromatic N) is 2. The average Bonchev–Trinajstić information content (AvgIpc) is 3.20. The molecule has 3 aliphatic heterocycles. The fraction of sp³-hybridized carbons (Fsp3) is 0.667. The third kappa shape index (κ3) is 5.14. The Labute approximate surface area is 183 Å². The Morgan fingerprint density at radius 1 is 1.10 bits per heavy atom. The largest absolute Gasteiger partial charge is 0.490 e. The van der Waals surface area contributed by atoms with E-state index in [2.05, 4.69) is 5.32 Å². The van der Waals surface area contributed by atoms with Gasteiger partial charge in [-0.1, -0.05) is 0 Å². The third-order valence-corrected chi connectivity index (χ3v) is 7.98. The summed E-state index contributed by atoms with van der Waals surface area (Å²) in [4.78, 5) is 14.7. The molecule has 172 valence electrons. The topological polar surface area (TPSA) is 97.4 Å². The second kappa shape index (κ2) is 9.72. The lowest BCUT2D eigenvalue weighted by atomic mass is 10.2. The van der Waals surface area contributed by atoms with E-state index in [4.69, 9.17) is 14.2 Å². The molecule has 2 fully saturated rings.